The number of carbonyl (C=O) groups excluding carboxylic acids is 1. The molecule has 1 N–H and O–H groups in total. The van der Waals surface area contributed by atoms with Crippen molar-refractivity contribution >= 4 is 21.8 Å². The zero-order chi connectivity index (χ0) is 9.23. The summed E-state index contributed by atoms with van der Waals surface area (Å²) in [6, 6.07) is 0. The van der Waals surface area contributed by atoms with Gasteiger partial charge in [-0.25, -0.2) is 0 Å². The van der Waals surface area contributed by atoms with Crippen LogP contribution in [0.4, 0.5) is 0 Å². The SMILES string of the molecule is C=CCCNC(=O)CCCCBr. The molecule has 0 aromatic heterocycles. The molecular formula is C9H16BrNO. The third-order valence-electron chi connectivity index (χ3n) is 1.46. The number of hydrogen-bond acceptors (Lipinski definition) is 1. The van der Waals surface area contributed by atoms with Crippen molar-refractivity contribution in [3.05, 3.63) is 12.7 Å². The van der Waals surface area contributed by atoms with E-state index in [2.05, 4.69) is 27.8 Å². The van der Waals surface area contributed by atoms with E-state index in [9.17, 15) is 4.79 Å². The monoisotopic (exact) mass is 233 g/mol. The second-order valence-corrected chi connectivity index (χ2v) is 3.37. The van der Waals surface area contributed by atoms with Gasteiger partial charge in [0.05, 0.1) is 0 Å². The Morgan fingerprint density at radius 3 is 2.83 bits per heavy atom. The molecule has 0 aromatic rings. The Balaban J connectivity index is 3.15. The first kappa shape index (κ1) is 11.7. The minimum Gasteiger partial charge on any atom is -0.356 e. The summed E-state index contributed by atoms with van der Waals surface area (Å²) in [5, 5.41) is 3.80. The first-order valence-electron chi connectivity index (χ1n) is 4.24. The van der Waals surface area contributed by atoms with Gasteiger partial charge in [0, 0.05) is 18.3 Å². The van der Waals surface area contributed by atoms with Crippen molar-refractivity contribution in [1.82, 2.24) is 5.32 Å². The maximum absolute atomic E-state index is 11.0. The molecule has 1 amide bonds. The molecular weight excluding hydrogens is 218 g/mol. The van der Waals surface area contributed by atoms with E-state index in [-0.39, 0.29) is 5.91 Å². The fourth-order valence-corrected chi connectivity index (χ4v) is 1.18. The van der Waals surface area contributed by atoms with Gasteiger partial charge in [-0.1, -0.05) is 22.0 Å². The van der Waals surface area contributed by atoms with Gasteiger partial charge in [0.15, 0.2) is 0 Å². The Labute approximate surface area is 82.5 Å². The van der Waals surface area contributed by atoms with Crippen LogP contribution in [0.25, 0.3) is 0 Å². The Kier molecular flexibility index (Phi) is 8.56. The molecule has 2 nitrogen and oxygen atoms in total. The van der Waals surface area contributed by atoms with Crippen molar-refractivity contribution in [3.8, 4) is 0 Å². The van der Waals surface area contributed by atoms with Gasteiger partial charge in [-0.15, -0.1) is 6.58 Å². The number of rotatable bonds is 7. The third kappa shape index (κ3) is 7.79. The largest absolute Gasteiger partial charge is 0.356 e. The predicted octanol–water partition coefficient (Wildman–Crippen LogP) is 2.24. The highest BCUT2D eigenvalue weighted by Gasteiger charge is 1.97. The molecule has 0 fully saturated rings. The summed E-state index contributed by atoms with van der Waals surface area (Å²) < 4.78 is 0. The maximum atomic E-state index is 11.0. The summed E-state index contributed by atoms with van der Waals surface area (Å²) in [7, 11) is 0. The van der Waals surface area contributed by atoms with Crippen LogP contribution < -0.4 is 5.32 Å². The van der Waals surface area contributed by atoms with E-state index in [4.69, 9.17) is 0 Å². The van der Waals surface area contributed by atoms with E-state index in [0.29, 0.717) is 6.42 Å². The average molecular weight is 234 g/mol. The van der Waals surface area contributed by atoms with Gasteiger partial charge >= 0.3 is 0 Å². The van der Waals surface area contributed by atoms with Crippen LogP contribution in [0.5, 0.6) is 0 Å². The lowest BCUT2D eigenvalue weighted by molar-refractivity contribution is -0.121. The van der Waals surface area contributed by atoms with Crippen LogP contribution in [-0.2, 0) is 4.79 Å². The summed E-state index contributed by atoms with van der Waals surface area (Å²) in [5.41, 5.74) is 0. The quantitative estimate of drug-likeness (QED) is 0.408. The molecule has 0 aliphatic heterocycles. The molecule has 0 atom stereocenters. The van der Waals surface area contributed by atoms with E-state index in [0.717, 1.165) is 31.1 Å². The van der Waals surface area contributed by atoms with Gasteiger partial charge in [-0.2, -0.15) is 0 Å². The molecule has 12 heavy (non-hydrogen) atoms. The van der Waals surface area contributed by atoms with Crippen LogP contribution >= 0.6 is 15.9 Å². The molecule has 0 saturated heterocycles. The van der Waals surface area contributed by atoms with Crippen molar-refractivity contribution in [2.75, 3.05) is 11.9 Å². The number of amides is 1. The Bertz CT molecular complexity index is 136. The van der Waals surface area contributed by atoms with Crippen molar-refractivity contribution in [2.45, 2.75) is 25.7 Å². The maximum Gasteiger partial charge on any atom is 0.220 e. The molecule has 0 aliphatic carbocycles. The Morgan fingerprint density at radius 2 is 2.25 bits per heavy atom. The van der Waals surface area contributed by atoms with E-state index < -0.39 is 0 Å². The molecule has 0 heterocycles. The molecule has 0 unspecified atom stereocenters. The minimum atomic E-state index is 0.151. The van der Waals surface area contributed by atoms with Crippen molar-refractivity contribution in [3.63, 3.8) is 0 Å². The van der Waals surface area contributed by atoms with Crippen LogP contribution in [0.15, 0.2) is 12.7 Å². The number of unbranched alkanes of at least 4 members (excludes halogenated alkanes) is 1. The average Bonchev–Trinajstić information content (AvgIpc) is 2.06. The van der Waals surface area contributed by atoms with Crippen LogP contribution in [0.1, 0.15) is 25.7 Å². The summed E-state index contributed by atoms with van der Waals surface area (Å²) in [6.07, 6.45) is 5.33. The normalized spacial score (nSPS) is 9.42. The molecule has 0 spiro atoms. The van der Waals surface area contributed by atoms with Gasteiger partial charge in [0.25, 0.3) is 0 Å². The van der Waals surface area contributed by atoms with Crippen molar-refractivity contribution in [1.29, 1.82) is 0 Å². The first-order chi connectivity index (χ1) is 5.81. The van der Waals surface area contributed by atoms with Crippen LogP contribution in [0.3, 0.4) is 0 Å². The molecule has 70 valence electrons. The minimum absolute atomic E-state index is 0.151. The number of alkyl halides is 1. The topological polar surface area (TPSA) is 29.1 Å². The Morgan fingerprint density at radius 1 is 1.50 bits per heavy atom. The lowest BCUT2D eigenvalue weighted by atomic mass is 10.2. The molecule has 0 rings (SSSR count). The lowest BCUT2D eigenvalue weighted by Gasteiger charge is -2.01. The van der Waals surface area contributed by atoms with Gasteiger partial charge in [-0.3, -0.25) is 4.79 Å². The summed E-state index contributed by atoms with van der Waals surface area (Å²) >= 11 is 3.32. The molecule has 3 heteroatoms. The zero-order valence-corrected chi connectivity index (χ0v) is 8.90. The molecule has 0 aliphatic rings. The number of carbonyl (C=O) groups is 1. The van der Waals surface area contributed by atoms with Gasteiger partial charge in [-0.05, 0) is 19.3 Å². The van der Waals surface area contributed by atoms with Gasteiger partial charge < -0.3 is 5.32 Å². The van der Waals surface area contributed by atoms with E-state index in [1.165, 1.54) is 0 Å². The molecule has 0 saturated carbocycles. The van der Waals surface area contributed by atoms with Crippen LogP contribution in [0, 0.1) is 0 Å². The van der Waals surface area contributed by atoms with Gasteiger partial charge in [0.1, 0.15) is 0 Å². The second-order valence-electron chi connectivity index (χ2n) is 2.57. The molecule has 0 bridgehead atoms. The number of halogens is 1. The van der Waals surface area contributed by atoms with Crippen LogP contribution in [-0.4, -0.2) is 17.8 Å². The van der Waals surface area contributed by atoms with E-state index in [1.54, 1.807) is 6.08 Å². The van der Waals surface area contributed by atoms with E-state index >= 15 is 0 Å². The zero-order valence-electron chi connectivity index (χ0n) is 7.31. The lowest BCUT2D eigenvalue weighted by Crippen LogP contribution is -2.23. The van der Waals surface area contributed by atoms with E-state index in [1.807, 2.05) is 0 Å². The first-order valence-corrected chi connectivity index (χ1v) is 5.37. The summed E-state index contributed by atoms with van der Waals surface area (Å²) in [4.78, 5) is 11.0. The standard InChI is InChI=1S/C9H16BrNO/c1-2-3-8-11-9(12)6-4-5-7-10/h2H,1,3-8H2,(H,11,12). The highest BCUT2D eigenvalue weighted by atomic mass is 79.9. The fraction of sp³-hybridized carbons (Fsp3) is 0.667. The van der Waals surface area contributed by atoms with Crippen molar-refractivity contribution in [2.24, 2.45) is 0 Å². The highest BCUT2D eigenvalue weighted by molar-refractivity contribution is 9.09. The number of hydrogen-bond donors (Lipinski definition) is 1. The second kappa shape index (κ2) is 8.78. The van der Waals surface area contributed by atoms with Crippen molar-refractivity contribution < 1.29 is 4.79 Å². The smallest absolute Gasteiger partial charge is 0.220 e. The highest BCUT2D eigenvalue weighted by Crippen LogP contribution is 1.97. The fourth-order valence-electron chi connectivity index (χ4n) is 0.782. The molecule has 0 aromatic carbocycles. The van der Waals surface area contributed by atoms with Crippen LogP contribution in [0.2, 0.25) is 0 Å². The van der Waals surface area contributed by atoms with Gasteiger partial charge in [0.2, 0.25) is 5.91 Å². The predicted molar refractivity (Wildman–Crippen MR) is 55.5 cm³/mol. The third-order valence-corrected chi connectivity index (χ3v) is 2.02. The molecule has 0 radical (unpaired) electrons. The number of nitrogens with one attached hydrogen (secondary N) is 1. The summed E-state index contributed by atoms with van der Waals surface area (Å²) in [5.74, 6) is 0.151. The summed E-state index contributed by atoms with van der Waals surface area (Å²) in [6.45, 7) is 4.29. The Hall–Kier alpha value is -0.310.